The summed E-state index contributed by atoms with van der Waals surface area (Å²) in [6.45, 7) is 1.89. The molecule has 0 unspecified atom stereocenters. The minimum Gasteiger partial charge on any atom is -0.465 e. The molecule has 0 radical (unpaired) electrons. The predicted octanol–water partition coefficient (Wildman–Crippen LogP) is 2.69. The molecule has 1 fully saturated rings. The van der Waals surface area contributed by atoms with Crippen LogP contribution in [0.25, 0.3) is 0 Å². The van der Waals surface area contributed by atoms with Crippen molar-refractivity contribution in [2.24, 2.45) is 0 Å². The summed E-state index contributed by atoms with van der Waals surface area (Å²) in [6, 6.07) is 9.70. The Balaban J connectivity index is 0.00000208. The molecule has 1 aromatic heterocycles. The second-order valence-electron chi connectivity index (χ2n) is 5.55. The first-order valence-electron chi connectivity index (χ1n) is 7.51. The van der Waals surface area contributed by atoms with Crippen molar-refractivity contribution >= 4 is 41.1 Å². The van der Waals surface area contributed by atoms with Crippen LogP contribution in [0.1, 0.15) is 18.4 Å². The van der Waals surface area contributed by atoms with E-state index in [4.69, 9.17) is 5.73 Å². The van der Waals surface area contributed by atoms with E-state index in [1.165, 1.54) is 16.4 Å². The number of carboxylic acid groups (broad SMARTS) is 1. The number of benzene rings is 1. The smallest absolute Gasteiger partial charge is 0.407 e. The molecule has 2 heterocycles. The lowest BCUT2D eigenvalue weighted by atomic mass is 10.0. The third-order valence-corrected chi connectivity index (χ3v) is 4.59. The Morgan fingerprint density at radius 3 is 2.54 bits per heavy atom. The van der Waals surface area contributed by atoms with Crippen LogP contribution in [0.2, 0.25) is 0 Å². The molecule has 7 nitrogen and oxygen atoms in total. The number of hydrogen-bond acceptors (Lipinski definition) is 6. The first-order valence-corrected chi connectivity index (χ1v) is 8.28. The zero-order chi connectivity index (χ0) is 16.2. The number of rotatable bonds is 4. The van der Waals surface area contributed by atoms with Gasteiger partial charge in [0.2, 0.25) is 11.1 Å². The van der Waals surface area contributed by atoms with Crippen molar-refractivity contribution in [3.05, 3.63) is 35.9 Å². The maximum atomic E-state index is 11.6. The van der Waals surface area contributed by atoms with Crippen LogP contribution in [-0.4, -0.2) is 44.6 Å². The summed E-state index contributed by atoms with van der Waals surface area (Å²) in [7, 11) is 0. The third-order valence-electron chi connectivity index (χ3n) is 4.06. The Labute approximate surface area is 150 Å². The lowest BCUT2D eigenvalue weighted by Crippen LogP contribution is -2.47. The first kappa shape index (κ1) is 18.3. The van der Waals surface area contributed by atoms with Gasteiger partial charge in [0.15, 0.2) is 0 Å². The molecule has 1 amide bonds. The Bertz CT molecular complexity index is 661. The highest BCUT2D eigenvalue weighted by atomic mass is 35.5. The van der Waals surface area contributed by atoms with Crippen LogP contribution in [-0.2, 0) is 6.54 Å². The molecule has 0 aliphatic carbocycles. The van der Waals surface area contributed by atoms with Crippen LogP contribution in [0.4, 0.5) is 15.9 Å². The van der Waals surface area contributed by atoms with Crippen LogP contribution >= 0.6 is 23.9 Å². The summed E-state index contributed by atoms with van der Waals surface area (Å²) in [6.07, 6.45) is 0.652. The van der Waals surface area contributed by atoms with E-state index in [9.17, 15) is 9.90 Å². The fourth-order valence-corrected chi connectivity index (χ4v) is 3.32. The highest BCUT2D eigenvalue weighted by Crippen LogP contribution is 2.23. The highest BCUT2D eigenvalue weighted by Gasteiger charge is 2.29. The largest absolute Gasteiger partial charge is 0.465 e. The molecule has 2 aromatic rings. The standard InChI is InChI=1S/C15H19N5O2S.ClH/c16-13-17-14(18-23-13)19-8-6-12(7-9-19)20(15(21)22)10-11-4-2-1-3-5-11;/h1-5,12H,6-10H2,(H,21,22)(H2,16,17,18);1H. The molecule has 24 heavy (non-hydrogen) atoms. The molecule has 130 valence electrons. The molecule has 0 bridgehead atoms. The van der Waals surface area contributed by atoms with Gasteiger partial charge in [-0.2, -0.15) is 9.36 Å². The zero-order valence-electron chi connectivity index (χ0n) is 13.0. The van der Waals surface area contributed by atoms with Gasteiger partial charge in [-0.1, -0.05) is 30.3 Å². The number of nitrogens with two attached hydrogens (primary N) is 1. The molecule has 3 rings (SSSR count). The normalized spacial score (nSPS) is 14.9. The number of anilines is 2. The van der Waals surface area contributed by atoms with Gasteiger partial charge in [-0.05, 0) is 18.4 Å². The molecule has 1 aromatic carbocycles. The van der Waals surface area contributed by atoms with Crippen LogP contribution < -0.4 is 10.6 Å². The van der Waals surface area contributed by atoms with Gasteiger partial charge >= 0.3 is 6.09 Å². The van der Waals surface area contributed by atoms with Gasteiger partial charge in [-0.15, -0.1) is 12.4 Å². The average molecular weight is 370 g/mol. The zero-order valence-corrected chi connectivity index (χ0v) is 14.7. The number of hydrogen-bond donors (Lipinski definition) is 2. The van der Waals surface area contributed by atoms with Crippen molar-refractivity contribution in [2.75, 3.05) is 23.7 Å². The molecule has 0 atom stereocenters. The van der Waals surface area contributed by atoms with E-state index in [-0.39, 0.29) is 18.4 Å². The summed E-state index contributed by atoms with van der Waals surface area (Å²) in [5.41, 5.74) is 6.62. The second kappa shape index (κ2) is 8.16. The molecular formula is C15H20ClN5O2S. The Morgan fingerprint density at radius 1 is 1.33 bits per heavy atom. The summed E-state index contributed by atoms with van der Waals surface area (Å²) < 4.78 is 4.21. The van der Waals surface area contributed by atoms with Gasteiger partial charge < -0.3 is 20.6 Å². The minimum atomic E-state index is -0.872. The number of halogens is 1. The van der Waals surface area contributed by atoms with E-state index in [0.29, 0.717) is 17.6 Å². The van der Waals surface area contributed by atoms with Crippen molar-refractivity contribution in [2.45, 2.75) is 25.4 Å². The van der Waals surface area contributed by atoms with Gasteiger partial charge in [-0.3, -0.25) is 0 Å². The number of piperidine rings is 1. The van der Waals surface area contributed by atoms with E-state index in [1.54, 1.807) is 0 Å². The van der Waals surface area contributed by atoms with E-state index in [0.717, 1.165) is 31.5 Å². The summed E-state index contributed by atoms with van der Waals surface area (Å²) >= 11 is 1.18. The van der Waals surface area contributed by atoms with E-state index in [2.05, 4.69) is 14.3 Å². The molecule has 1 saturated heterocycles. The quantitative estimate of drug-likeness (QED) is 0.860. The molecular weight excluding hydrogens is 350 g/mol. The minimum absolute atomic E-state index is 0. The molecule has 0 spiro atoms. The molecule has 0 saturated carbocycles. The first-order chi connectivity index (χ1) is 11.1. The summed E-state index contributed by atoms with van der Waals surface area (Å²) in [4.78, 5) is 19.4. The Kier molecular flexibility index (Phi) is 6.22. The SMILES string of the molecule is Cl.Nc1nc(N2CCC(N(Cc3ccccc3)C(=O)O)CC2)ns1. The van der Waals surface area contributed by atoms with Crippen molar-refractivity contribution < 1.29 is 9.90 Å². The van der Waals surface area contributed by atoms with Crippen molar-refractivity contribution in [1.29, 1.82) is 0 Å². The predicted molar refractivity (Wildman–Crippen MR) is 96.8 cm³/mol. The fourth-order valence-electron chi connectivity index (χ4n) is 2.87. The summed E-state index contributed by atoms with van der Waals surface area (Å²) in [5.74, 6) is 0.649. The number of amides is 1. The molecule has 1 aliphatic heterocycles. The molecule has 1 aliphatic rings. The Morgan fingerprint density at radius 2 is 2.00 bits per heavy atom. The number of nitrogens with zero attached hydrogens (tertiary/aromatic N) is 4. The molecule has 9 heteroatoms. The van der Waals surface area contributed by atoms with Crippen molar-refractivity contribution in [1.82, 2.24) is 14.3 Å². The van der Waals surface area contributed by atoms with E-state index in [1.807, 2.05) is 30.3 Å². The van der Waals surface area contributed by atoms with Crippen molar-refractivity contribution in [3.63, 3.8) is 0 Å². The topological polar surface area (TPSA) is 95.6 Å². The van der Waals surface area contributed by atoms with Gasteiger partial charge in [-0.25, -0.2) is 4.79 Å². The third kappa shape index (κ3) is 4.27. The van der Waals surface area contributed by atoms with Gasteiger partial charge in [0, 0.05) is 37.2 Å². The van der Waals surface area contributed by atoms with Crippen LogP contribution in [0.3, 0.4) is 0 Å². The van der Waals surface area contributed by atoms with Crippen LogP contribution in [0.5, 0.6) is 0 Å². The van der Waals surface area contributed by atoms with Gasteiger partial charge in [0.05, 0.1) is 0 Å². The van der Waals surface area contributed by atoms with Gasteiger partial charge in [0.1, 0.15) is 0 Å². The fraction of sp³-hybridized carbons (Fsp3) is 0.400. The van der Waals surface area contributed by atoms with Crippen LogP contribution in [0, 0.1) is 0 Å². The highest BCUT2D eigenvalue weighted by molar-refractivity contribution is 7.09. The van der Waals surface area contributed by atoms with Crippen molar-refractivity contribution in [3.8, 4) is 0 Å². The van der Waals surface area contributed by atoms with Gasteiger partial charge in [0.25, 0.3) is 0 Å². The van der Waals surface area contributed by atoms with E-state index >= 15 is 0 Å². The Hall–Kier alpha value is -2.06. The average Bonchev–Trinajstić information content (AvgIpc) is 3.00. The lowest BCUT2D eigenvalue weighted by Gasteiger charge is -2.36. The van der Waals surface area contributed by atoms with E-state index < -0.39 is 6.09 Å². The monoisotopic (exact) mass is 369 g/mol. The molecule has 3 N–H and O–H groups in total. The lowest BCUT2D eigenvalue weighted by molar-refractivity contribution is 0.111. The summed E-state index contributed by atoms with van der Waals surface area (Å²) in [5, 5.41) is 10.0. The maximum Gasteiger partial charge on any atom is 0.407 e. The number of nitrogen functional groups attached to an aromatic ring is 1. The second-order valence-corrected chi connectivity index (χ2v) is 6.33. The van der Waals surface area contributed by atoms with Crippen LogP contribution in [0.15, 0.2) is 30.3 Å². The number of aromatic nitrogens is 2. The number of carbonyl (C=O) groups is 1. The maximum absolute atomic E-state index is 11.6.